The molecule has 3 heteroatoms. The zero-order chi connectivity index (χ0) is 11.8. The third kappa shape index (κ3) is 6.14. The van der Waals surface area contributed by atoms with Gasteiger partial charge in [-0.1, -0.05) is 19.8 Å². The lowest BCUT2D eigenvalue weighted by Crippen LogP contribution is -2.31. The van der Waals surface area contributed by atoms with Crippen molar-refractivity contribution in [1.29, 1.82) is 0 Å². The predicted molar refractivity (Wildman–Crippen MR) is 63.1 cm³/mol. The molecule has 1 amide bonds. The summed E-state index contributed by atoms with van der Waals surface area (Å²) in [6, 6.07) is 0. The van der Waals surface area contributed by atoms with Gasteiger partial charge in [0, 0.05) is 13.5 Å². The lowest BCUT2D eigenvalue weighted by Gasteiger charge is -2.20. The Kier molecular flexibility index (Phi) is 6.81. The van der Waals surface area contributed by atoms with Crippen molar-refractivity contribution in [3.8, 4) is 12.3 Å². The molecule has 0 aliphatic rings. The first-order valence-electron chi connectivity index (χ1n) is 5.38. The number of nitrogens with two attached hydrogens (primary N) is 1. The van der Waals surface area contributed by atoms with Gasteiger partial charge in [0.05, 0.1) is 6.54 Å². The van der Waals surface area contributed by atoms with Crippen molar-refractivity contribution in [2.45, 2.75) is 26.7 Å². The standard InChI is InChI=1S/C12H22N2O/c1-5-6-14(4)12(15)8-11(9-13)7-10(2)3/h1,10-11H,6-9,13H2,2-4H3/t11-/m0/s1. The van der Waals surface area contributed by atoms with E-state index in [1.54, 1.807) is 11.9 Å². The fourth-order valence-electron chi connectivity index (χ4n) is 1.56. The maximum Gasteiger partial charge on any atom is 0.223 e. The zero-order valence-corrected chi connectivity index (χ0v) is 9.99. The van der Waals surface area contributed by atoms with Crippen LogP contribution in [-0.4, -0.2) is 30.9 Å². The summed E-state index contributed by atoms with van der Waals surface area (Å²) in [4.78, 5) is 13.2. The summed E-state index contributed by atoms with van der Waals surface area (Å²) < 4.78 is 0. The van der Waals surface area contributed by atoms with Crippen LogP contribution in [0.5, 0.6) is 0 Å². The van der Waals surface area contributed by atoms with Crippen LogP contribution in [0.25, 0.3) is 0 Å². The molecule has 0 fully saturated rings. The first-order chi connectivity index (χ1) is 7.01. The molecule has 0 aromatic carbocycles. The van der Waals surface area contributed by atoms with Gasteiger partial charge in [0.1, 0.15) is 0 Å². The minimum absolute atomic E-state index is 0.0871. The van der Waals surface area contributed by atoms with Crippen LogP contribution in [0.15, 0.2) is 0 Å². The van der Waals surface area contributed by atoms with E-state index in [0.29, 0.717) is 25.4 Å². The van der Waals surface area contributed by atoms with Gasteiger partial charge in [0.2, 0.25) is 5.91 Å². The summed E-state index contributed by atoms with van der Waals surface area (Å²) in [7, 11) is 1.73. The second kappa shape index (κ2) is 7.30. The Hall–Kier alpha value is -1.01. The molecule has 0 unspecified atom stereocenters. The lowest BCUT2D eigenvalue weighted by molar-refractivity contribution is -0.130. The van der Waals surface area contributed by atoms with Crippen LogP contribution >= 0.6 is 0 Å². The SMILES string of the molecule is C#CCN(C)C(=O)C[C@@H](CN)CC(C)C. The smallest absolute Gasteiger partial charge is 0.223 e. The van der Waals surface area contributed by atoms with E-state index in [1.807, 2.05) is 0 Å². The molecule has 0 bridgehead atoms. The first-order valence-corrected chi connectivity index (χ1v) is 5.38. The molecule has 0 spiro atoms. The second-order valence-electron chi connectivity index (χ2n) is 4.39. The van der Waals surface area contributed by atoms with Crippen LogP contribution < -0.4 is 5.73 Å². The maximum atomic E-state index is 11.7. The second-order valence-corrected chi connectivity index (χ2v) is 4.39. The Morgan fingerprint density at radius 1 is 1.53 bits per heavy atom. The van der Waals surface area contributed by atoms with E-state index in [1.165, 1.54) is 0 Å². The minimum Gasteiger partial charge on any atom is -0.335 e. The maximum absolute atomic E-state index is 11.7. The van der Waals surface area contributed by atoms with E-state index >= 15 is 0 Å². The number of terminal acetylenes is 1. The molecular formula is C12H22N2O. The van der Waals surface area contributed by atoms with Gasteiger partial charge in [-0.15, -0.1) is 6.42 Å². The molecule has 3 nitrogen and oxygen atoms in total. The lowest BCUT2D eigenvalue weighted by atomic mass is 9.94. The molecule has 0 aliphatic carbocycles. The highest BCUT2D eigenvalue weighted by molar-refractivity contribution is 5.76. The van der Waals surface area contributed by atoms with E-state index < -0.39 is 0 Å². The molecule has 0 heterocycles. The van der Waals surface area contributed by atoms with Gasteiger partial charge < -0.3 is 10.6 Å². The normalized spacial score (nSPS) is 12.3. The van der Waals surface area contributed by atoms with Crippen molar-refractivity contribution in [3.63, 3.8) is 0 Å². The van der Waals surface area contributed by atoms with E-state index in [-0.39, 0.29) is 11.8 Å². The summed E-state index contributed by atoms with van der Waals surface area (Å²) in [5, 5.41) is 0. The fourth-order valence-corrected chi connectivity index (χ4v) is 1.56. The van der Waals surface area contributed by atoms with Gasteiger partial charge in [-0.25, -0.2) is 0 Å². The number of rotatable bonds is 6. The molecule has 0 rings (SSSR count). The van der Waals surface area contributed by atoms with Gasteiger partial charge in [-0.2, -0.15) is 0 Å². The Balaban J connectivity index is 4.07. The minimum atomic E-state index is 0.0871. The molecule has 2 N–H and O–H groups in total. The van der Waals surface area contributed by atoms with Gasteiger partial charge in [-0.3, -0.25) is 4.79 Å². The molecule has 0 aromatic rings. The average Bonchev–Trinajstić information content (AvgIpc) is 2.16. The molecule has 1 atom stereocenters. The highest BCUT2D eigenvalue weighted by atomic mass is 16.2. The monoisotopic (exact) mass is 210 g/mol. The zero-order valence-electron chi connectivity index (χ0n) is 9.99. The van der Waals surface area contributed by atoms with Crippen molar-refractivity contribution < 1.29 is 4.79 Å². The van der Waals surface area contributed by atoms with Gasteiger partial charge in [-0.05, 0) is 24.8 Å². The van der Waals surface area contributed by atoms with Gasteiger partial charge in [0.25, 0.3) is 0 Å². The number of amides is 1. The van der Waals surface area contributed by atoms with E-state index in [9.17, 15) is 4.79 Å². The quantitative estimate of drug-likeness (QED) is 0.667. The van der Waals surface area contributed by atoms with Crippen LogP contribution in [0, 0.1) is 24.2 Å². The summed E-state index contributed by atoms with van der Waals surface area (Å²) in [6.07, 6.45) is 6.64. The summed E-state index contributed by atoms with van der Waals surface area (Å²) in [5.41, 5.74) is 5.63. The van der Waals surface area contributed by atoms with E-state index in [4.69, 9.17) is 12.2 Å². The van der Waals surface area contributed by atoms with Crippen LogP contribution in [0.3, 0.4) is 0 Å². The molecule has 0 aliphatic heterocycles. The molecule has 0 saturated heterocycles. The Morgan fingerprint density at radius 3 is 2.53 bits per heavy atom. The van der Waals surface area contributed by atoms with Crippen molar-refractivity contribution in [2.75, 3.05) is 20.1 Å². The number of hydrogen-bond donors (Lipinski definition) is 1. The molecule has 0 saturated carbocycles. The van der Waals surface area contributed by atoms with Crippen molar-refractivity contribution in [1.82, 2.24) is 4.90 Å². The molecular weight excluding hydrogens is 188 g/mol. The average molecular weight is 210 g/mol. The molecule has 86 valence electrons. The largest absolute Gasteiger partial charge is 0.335 e. The molecule has 0 aromatic heterocycles. The van der Waals surface area contributed by atoms with Crippen LogP contribution in [0.1, 0.15) is 26.7 Å². The predicted octanol–water partition coefficient (Wildman–Crippen LogP) is 1.09. The fraction of sp³-hybridized carbons (Fsp3) is 0.750. The Labute approximate surface area is 93.0 Å². The molecule has 15 heavy (non-hydrogen) atoms. The summed E-state index contributed by atoms with van der Waals surface area (Å²) in [6.45, 7) is 5.21. The highest BCUT2D eigenvalue weighted by Crippen LogP contribution is 2.15. The number of carbonyl (C=O) groups is 1. The summed E-state index contributed by atoms with van der Waals surface area (Å²) in [5.74, 6) is 3.39. The van der Waals surface area contributed by atoms with E-state index in [0.717, 1.165) is 6.42 Å². The van der Waals surface area contributed by atoms with Crippen LogP contribution in [0.2, 0.25) is 0 Å². The van der Waals surface area contributed by atoms with Crippen molar-refractivity contribution >= 4 is 5.91 Å². The number of hydrogen-bond acceptors (Lipinski definition) is 2. The Morgan fingerprint density at radius 2 is 2.13 bits per heavy atom. The highest BCUT2D eigenvalue weighted by Gasteiger charge is 2.16. The number of nitrogens with zero attached hydrogens (tertiary/aromatic N) is 1. The topological polar surface area (TPSA) is 46.3 Å². The summed E-state index contributed by atoms with van der Waals surface area (Å²) >= 11 is 0. The van der Waals surface area contributed by atoms with Gasteiger partial charge in [0.15, 0.2) is 0 Å². The van der Waals surface area contributed by atoms with Crippen LogP contribution in [0.4, 0.5) is 0 Å². The number of carbonyl (C=O) groups excluding carboxylic acids is 1. The van der Waals surface area contributed by atoms with E-state index in [2.05, 4.69) is 19.8 Å². The third-order valence-corrected chi connectivity index (χ3v) is 2.36. The first kappa shape index (κ1) is 14.0. The van der Waals surface area contributed by atoms with Gasteiger partial charge >= 0.3 is 0 Å². The van der Waals surface area contributed by atoms with Crippen molar-refractivity contribution in [2.24, 2.45) is 17.6 Å². The molecule has 0 radical (unpaired) electrons. The van der Waals surface area contributed by atoms with Crippen LogP contribution in [-0.2, 0) is 4.79 Å². The van der Waals surface area contributed by atoms with Crippen molar-refractivity contribution in [3.05, 3.63) is 0 Å². The third-order valence-electron chi connectivity index (χ3n) is 2.36. The Bertz CT molecular complexity index is 230.